The van der Waals surface area contributed by atoms with Crippen LogP contribution in [0.2, 0.25) is 0 Å². The van der Waals surface area contributed by atoms with E-state index in [0.717, 1.165) is 11.1 Å². The van der Waals surface area contributed by atoms with E-state index >= 15 is 0 Å². The number of benzene rings is 2. The predicted octanol–water partition coefficient (Wildman–Crippen LogP) is 3.67. The number of aromatic nitrogens is 1. The Labute approximate surface area is 131 Å². The van der Waals surface area contributed by atoms with Gasteiger partial charge in [-0.3, -0.25) is 0 Å². The number of anilines is 1. The highest BCUT2D eigenvalue weighted by atomic mass is 32.2. The van der Waals surface area contributed by atoms with Gasteiger partial charge in [-0.15, -0.1) is 0 Å². The van der Waals surface area contributed by atoms with Crippen molar-refractivity contribution >= 4 is 27.9 Å². The highest BCUT2D eigenvalue weighted by Crippen LogP contribution is 2.33. The van der Waals surface area contributed by atoms with Gasteiger partial charge in [0.1, 0.15) is 23.4 Å². The van der Waals surface area contributed by atoms with Gasteiger partial charge in [0.25, 0.3) is 0 Å². The molecule has 2 aromatic carbocycles. The number of pyridine rings is 1. The van der Waals surface area contributed by atoms with E-state index in [1.54, 1.807) is 18.4 Å². The summed E-state index contributed by atoms with van der Waals surface area (Å²) >= 11 is -1.15. The summed E-state index contributed by atoms with van der Waals surface area (Å²) in [6.45, 7) is 1.83. The number of nitrogens with zero attached hydrogens (tertiary/aromatic N) is 1. The van der Waals surface area contributed by atoms with Crippen molar-refractivity contribution < 1.29 is 8.94 Å². The first-order valence-corrected chi connectivity index (χ1v) is 8.32. The minimum Gasteiger partial charge on any atom is -0.612 e. The fourth-order valence-corrected chi connectivity index (χ4v) is 3.31. The molecule has 2 N–H and O–H groups in total. The van der Waals surface area contributed by atoms with Crippen LogP contribution in [0.3, 0.4) is 0 Å². The molecule has 112 valence electrons. The van der Waals surface area contributed by atoms with E-state index in [1.165, 1.54) is 6.07 Å². The zero-order valence-corrected chi connectivity index (χ0v) is 13.1. The molecule has 3 nitrogen and oxygen atoms in total. The molecular weight excluding hydrogens is 299 g/mol. The molecule has 5 heteroatoms. The van der Waals surface area contributed by atoms with E-state index in [2.05, 4.69) is 4.98 Å². The summed E-state index contributed by atoms with van der Waals surface area (Å²) in [7, 11) is 0. The summed E-state index contributed by atoms with van der Waals surface area (Å²) in [5.74, 6) is -0.159. The molecule has 0 saturated carbocycles. The Bertz CT molecular complexity index is 865. The highest BCUT2D eigenvalue weighted by molar-refractivity contribution is 7.90. The van der Waals surface area contributed by atoms with Gasteiger partial charge in [-0.2, -0.15) is 0 Å². The summed E-state index contributed by atoms with van der Waals surface area (Å²) in [6.07, 6.45) is 1.62. The second-order valence-corrected chi connectivity index (χ2v) is 6.54. The zero-order valence-electron chi connectivity index (χ0n) is 12.3. The summed E-state index contributed by atoms with van der Waals surface area (Å²) in [5, 5.41) is 0.679. The lowest BCUT2D eigenvalue weighted by Crippen LogP contribution is -2.03. The molecule has 1 atom stereocenters. The first-order chi connectivity index (χ1) is 10.5. The third kappa shape index (κ3) is 2.53. The molecule has 0 aliphatic rings. The van der Waals surface area contributed by atoms with Gasteiger partial charge in [-0.25, -0.2) is 9.37 Å². The Morgan fingerprint density at radius 2 is 1.86 bits per heavy atom. The molecule has 3 rings (SSSR count). The molecular formula is C17H15FN2OS. The molecule has 3 aromatic rings. The second kappa shape index (κ2) is 5.59. The van der Waals surface area contributed by atoms with Gasteiger partial charge in [0.15, 0.2) is 4.90 Å². The van der Waals surface area contributed by atoms with E-state index < -0.39 is 11.2 Å². The van der Waals surface area contributed by atoms with Crippen molar-refractivity contribution in [2.45, 2.75) is 11.8 Å². The maximum absolute atomic E-state index is 14.0. The predicted molar refractivity (Wildman–Crippen MR) is 88.6 cm³/mol. The smallest absolute Gasteiger partial charge is 0.160 e. The quantitative estimate of drug-likeness (QED) is 0.734. The summed E-state index contributed by atoms with van der Waals surface area (Å²) in [5.41, 5.74) is 8.52. The number of aryl methyl sites for hydroxylation is 1. The van der Waals surface area contributed by atoms with Crippen molar-refractivity contribution in [1.29, 1.82) is 0 Å². The van der Waals surface area contributed by atoms with E-state index in [4.69, 9.17) is 5.73 Å². The highest BCUT2D eigenvalue weighted by Gasteiger charge is 2.17. The van der Waals surface area contributed by atoms with Gasteiger partial charge in [-0.1, -0.05) is 12.1 Å². The Morgan fingerprint density at radius 1 is 1.14 bits per heavy atom. The molecule has 0 amide bonds. The van der Waals surface area contributed by atoms with Crippen LogP contribution in [0, 0.1) is 12.7 Å². The Kier molecular flexibility index (Phi) is 3.76. The lowest BCUT2D eigenvalue weighted by atomic mass is 10.0. The largest absolute Gasteiger partial charge is 0.612 e. The summed E-state index contributed by atoms with van der Waals surface area (Å²) in [4.78, 5) is 4.88. The van der Waals surface area contributed by atoms with Crippen LogP contribution < -0.4 is 5.73 Å². The van der Waals surface area contributed by atoms with E-state index in [0.29, 0.717) is 15.8 Å². The molecule has 0 spiro atoms. The van der Waals surface area contributed by atoms with Crippen molar-refractivity contribution in [3.63, 3.8) is 0 Å². The minimum atomic E-state index is -1.15. The summed E-state index contributed by atoms with van der Waals surface area (Å²) < 4.78 is 25.9. The number of hydrogen-bond acceptors (Lipinski definition) is 3. The molecule has 0 aliphatic carbocycles. The maximum atomic E-state index is 14.0. The normalized spacial score (nSPS) is 12.5. The molecule has 0 fully saturated rings. The van der Waals surface area contributed by atoms with Gasteiger partial charge in [0, 0.05) is 16.5 Å². The number of halogens is 1. The minimum absolute atomic E-state index is 0.230. The molecule has 1 unspecified atom stereocenters. The van der Waals surface area contributed by atoms with Crippen molar-refractivity contribution in [2.24, 2.45) is 0 Å². The van der Waals surface area contributed by atoms with Crippen LogP contribution >= 0.6 is 0 Å². The van der Waals surface area contributed by atoms with Gasteiger partial charge in [0.05, 0.1) is 0 Å². The molecule has 1 aromatic heterocycles. The van der Waals surface area contributed by atoms with Crippen LogP contribution in [-0.2, 0) is 11.2 Å². The lowest BCUT2D eigenvalue weighted by molar-refractivity contribution is 0.601. The topological polar surface area (TPSA) is 62.0 Å². The monoisotopic (exact) mass is 314 g/mol. The average Bonchev–Trinajstić information content (AvgIpc) is 2.47. The van der Waals surface area contributed by atoms with Gasteiger partial charge in [0.2, 0.25) is 0 Å². The van der Waals surface area contributed by atoms with E-state index in [1.807, 2.05) is 31.2 Å². The maximum Gasteiger partial charge on any atom is 0.160 e. The van der Waals surface area contributed by atoms with E-state index in [9.17, 15) is 8.94 Å². The van der Waals surface area contributed by atoms with Crippen molar-refractivity contribution in [2.75, 3.05) is 12.0 Å². The number of nitrogen functional groups attached to an aromatic ring is 1. The van der Waals surface area contributed by atoms with Crippen molar-refractivity contribution in [3.8, 4) is 11.1 Å². The average molecular weight is 314 g/mol. The molecule has 0 bridgehead atoms. The van der Waals surface area contributed by atoms with Gasteiger partial charge >= 0.3 is 0 Å². The molecule has 0 aliphatic heterocycles. The van der Waals surface area contributed by atoms with Crippen LogP contribution in [0.5, 0.6) is 0 Å². The Morgan fingerprint density at radius 3 is 2.59 bits per heavy atom. The second-order valence-electron chi connectivity index (χ2n) is 5.19. The number of fused-ring (bicyclic) bond motifs is 1. The van der Waals surface area contributed by atoms with E-state index in [-0.39, 0.29) is 17.2 Å². The molecule has 0 saturated heterocycles. The first-order valence-electron chi connectivity index (χ1n) is 6.76. The van der Waals surface area contributed by atoms with Crippen molar-refractivity contribution in [3.05, 3.63) is 53.8 Å². The fourth-order valence-electron chi connectivity index (χ4n) is 2.56. The number of nitrogens with two attached hydrogens (primary N) is 1. The molecule has 1 heterocycles. The Balaban J connectivity index is 2.30. The molecule has 22 heavy (non-hydrogen) atoms. The van der Waals surface area contributed by atoms with Crippen LogP contribution in [-0.4, -0.2) is 15.8 Å². The Hall–Kier alpha value is -2.11. The third-order valence-electron chi connectivity index (χ3n) is 3.53. The zero-order chi connectivity index (χ0) is 15.9. The lowest BCUT2D eigenvalue weighted by Gasteiger charge is -2.13. The van der Waals surface area contributed by atoms with Crippen LogP contribution in [0.4, 0.5) is 10.2 Å². The van der Waals surface area contributed by atoms with Gasteiger partial charge in [-0.05, 0) is 54.0 Å². The van der Waals surface area contributed by atoms with Crippen molar-refractivity contribution in [1.82, 2.24) is 4.98 Å². The SMILES string of the molecule is Cc1cc(F)c2nc(N)c(-c3ccccc3[S+](C)[O-])cc2c1. The van der Waals surface area contributed by atoms with Gasteiger partial charge < -0.3 is 10.3 Å². The van der Waals surface area contributed by atoms with Crippen LogP contribution in [0.15, 0.2) is 47.4 Å². The standard InChI is InChI=1S/C17H15FN2OS/c1-10-7-11-9-13(17(19)20-16(11)14(18)8-10)12-5-3-4-6-15(12)22(2)21/h3-9H,1-2H3,(H2,19,20). The summed E-state index contributed by atoms with van der Waals surface area (Å²) in [6, 6.07) is 12.4. The van der Waals surface area contributed by atoms with Crippen LogP contribution in [0.1, 0.15) is 5.56 Å². The fraction of sp³-hybridized carbons (Fsp3) is 0.118. The van der Waals surface area contributed by atoms with Crippen LogP contribution in [0.25, 0.3) is 22.0 Å². The number of rotatable bonds is 2. The number of hydrogen-bond donors (Lipinski definition) is 1. The first kappa shape index (κ1) is 14.8. The molecule has 0 radical (unpaired) electrons. The third-order valence-corrected chi connectivity index (χ3v) is 4.51.